The van der Waals surface area contributed by atoms with Gasteiger partial charge in [0.25, 0.3) is 0 Å². The molecule has 4 rings (SSSR count). The standard InChI is InChI=1S/C17H10N2O3S/c20-23(21)19-14-8-4-3-7-13(14)17-18-15-9-11-5-1-2-6-12(11)10-16(15)22-17/h1-10H. The lowest BCUT2D eigenvalue weighted by atomic mass is 10.1. The average Bonchev–Trinajstić information content (AvgIpc) is 2.95. The van der Waals surface area contributed by atoms with Crippen LogP contribution in [0.4, 0.5) is 5.69 Å². The second-order valence-electron chi connectivity index (χ2n) is 5.01. The molecule has 112 valence electrons. The first-order valence-corrected chi connectivity index (χ1v) is 7.94. The van der Waals surface area contributed by atoms with Crippen LogP contribution >= 0.6 is 0 Å². The summed E-state index contributed by atoms with van der Waals surface area (Å²) in [6.45, 7) is 0. The van der Waals surface area contributed by atoms with Crippen molar-refractivity contribution in [2.45, 2.75) is 0 Å². The van der Waals surface area contributed by atoms with Gasteiger partial charge in [0.05, 0.1) is 11.3 Å². The minimum absolute atomic E-state index is 0.303. The Balaban J connectivity index is 1.97. The maximum Gasteiger partial charge on any atom is 0.316 e. The lowest BCUT2D eigenvalue weighted by Crippen LogP contribution is -1.78. The predicted octanol–water partition coefficient (Wildman–Crippen LogP) is 4.34. The number of nitrogens with zero attached hydrogens (tertiary/aromatic N) is 2. The minimum atomic E-state index is -2.53. The quantitative estimate of drug-likeness (QED) is 0.550. The Bertz CT molecular complexity index is 1120. The number of rotatable bonds is 2. The molecular weight excluding hydrogens is 312 g/mol. The summed E-state index contributed by atoms with van der Waals surface area (Å²) in [7, 11) is -2.53. The molecule has 0 N–H and O–H groups in total. The molecule has 0 aliphatic heterocycles. The van der Waals surface area contributed by atoms with Crippen molar-refractivity contribution < 1.29 is 12.8 Å². The van der Waals surface area contributed by atoms with Gasteiger partial charge in [-0.05, 0) is 35.0 Å². The molecule has 0 bridgehead atoms. The van der Waals surface area contributed by atoms with Gasteiger partial charge in [0, 0.05) is 0 Å². The second-order valence-corrected chi connectivity index (χ2v) is 5.63. The lowest BCUT2D eigenvalue weighted by Gasteiger charge is -1.97. The molecule has 0 aliphatic rings. The van der Waals surface area contributed by atoms with Gasteiger partial charge in [-0.2, -0.15) is 8.42 Å². The fourth-order valence-corrected chi connectivity index (χ4v) is 2.86. The molecule has 0 fully saturated rings. The van der Waals surface area contributed by atoms with Gasteiger partial charge in [0.2, 0.25) is 5.89 Å². The van der Waals surface area contributed by atoms with Crippen LogP contribution in [0.5, 0.6) is 0 Å². The number of fused-ring (bicyclic) bond motifs is 2. The lowest BCUT2D eigenvalue weighted by molar-refractivity contribution is 0.620. The summed E-state index contributed by atoms with van der Waals surface area (Å²) in [4.78, 5) is 4.47. The molecule has 0 unspecified atom stereocenters. The van der Waals surface area contributed by atoms with E-state index in [-0.39, 0.29) is 0 Å². The molecule has 1 heterocycles. The second kappa shape index (κ2) is 5.33. The van der Waals surface area contributed by atoms with Gasteiger partial charge in [-0.25, -0.2) is 4.98 Å². The number of benzene rings is 3. The van der Waals surface area contributed by atoms with Gasteiger partial charge >= 0.3 is 10.5 Å². The molecule has 4 aromatic rings. The summed E-state index contributed by atoms with van der Waals surface area (Å²) in [5, 5.41) is 2.12. The molecule has 0 radical (unpaired) electrons. The van der Waals surface area contributed by atoms with E-state index in [0.717, 1.165) is 16.3 Å². The first kappa shape index (κ1) is 13.7. The van der Waals surface area contributed by atoms with Crippen LogP contribution in [0.3, 0.4) is 0 Å². The van der Waals surface area contributed by atoms with E-state index in [9.17, 15) is 8.42 Å². The molecule has 0 saturated carbocycles. The fraction of sp³-hybridized carbons (Fsp3) is 0. The van der Waals surface area contributed by atoms with E-state index >= 15 is 0 Å². The maximum atomic E-state index is 10.9. The van der Waals surface area contributed by atoms with Crippen molar-refractivity contribution in [3.05, 3.63) is 60.7 Å². The summed E-state index contributed by atoms with van der Waals surface area (Å²) < 4.78 is 31.1. The zero-order valence-electron chi connectivity index (χ0n) is 11.8. The van der Waals surface area contributed by atoms with Crippen LogP contribution < -0.4 is 0 Å². The number of hydrogen-bond acceptors (Lipinski definition) is 5. The molecule has 1 aromatic heterocycles. The predicted molar refractivity (Wildman–Crippen MR) is 88.0 cm³/mol. The van der Waals surface area contributed by atoms with Crippen LogP contribution in [0.25, 0.3) is 33.3 Å². The topological polar surface area (TPSA) is 72.5 Å². The zero-order chi connectivity index (χ0) is 15.8. The third-order valence-electron chi connectivity index (χ3n) is 3.56. The van der Waals surface area contributed by atoms with Gasteiger partial charge in [-0.15, -0.1) is 4.36 Å². The van der Waals surface area contributed by atoms with Crippen molar-refractivity contribution in [1.29, 1.82) is 0 Å². The van der Waals surface area contributed by atoms with Crippen molar-refractivity contribution in [2.75, 3.05) is 0 Å². The van der Waals surface area contributed by atoms with Gasteiger partial charge in [-0.1, -0.05) is 36.4 Å². The number of oxazole rings is 1. The normalized spacial score (nSPS) is 11.0. The molecular formula is C17H10N2O3S. The molecule has 0 aliphatic carbocycles. The molecule has 5 nitrogen and oxygen atoms in total. The van der Waals surface area contributed by atoms with E-state index in [2.05, 4.69) is 9.35 Å². The summed E-state index contributed by atoms with van der Waals surface area (Å²) in [5.41, 5.74) is 2.21. The molecule has 0 spiro atoms. The van der Waals surface area contributed by atoms with E-state index in [1.54, 1.807) is 24.3 Å². The molecule has 3 aromatic carbocycles. The van der Waals surface area contributed by atoms with Gasteiger partial charge in [0.1, 0.15) is 5.52 Å². The van der Waals surface area contributed by atoms with Crippen LogP contribution in [-0.2, 0) is 10.5 Å². The van der Waals surface area contributed by atoms with E-state index in [1.165, 1.54) is 0 Å². The molecule has 0 saturated heterocycles. The first-order valence-electron chi connectivity index (χ1n) is 6.90. The Morgan fingerprint density at radius 1 is 0.913 bits per heavy atom. The molecule has 0 amide bonds. The van der Waals surface area contributed by atoms with Crippen LogP contribution in [-0.4, -0.2) is 13.4 Å². The van der Waals surface area contributed by atoms with Crippen molar-refractivity contribution in [3.8, 4) is 11.5 Å². The van der Waals surface area contributed by atoms with Crippen LogP contribution in [0.1, 0.15) is 0 Å². The van der Waals surface area contributed by atoms with Crippen molar-refractivity contribution >= 4 is 38.1 Å². The maximum absolute atomic E-state index is 10.9. The Kier molecular flexibility index (Phi) is 3.17. The Labute approximate surface area is 132 Å². The molecule has 23 heavy (non-hydrogen) atoms. The van der Waals surface area contributed by atoms with Crippen molar-refractivity contribution in [1.82, 2.24) is 4.98 Å². The van der Waals surface area contributed by atoms with Crippen molar-refractivity contribution in [3.63, 3.8) is 0 Å². The monoisotopic (exact) mass is 322 g/mol. The Morgan fingerprint density at radius 3 is 2.39 bits per heavy atom. The number of aromatic nitrogens is 1. The summed E-state index contributed by atoms with van der Waals surface area (Å²) in [6, 6.07) is 18.6. The van der Waals surface area contributed by atoms with Crippen LogP contribution in [0, 0.1) is 0 Å². The smallest absolute Gasteiger partial charge is 0.316 e. The Morgan fingerprint density at radius 2 is 1.61 bits per heavy atom. The van der Waals surface area contributed by atoms with Crippen LogP contribution in [0.2, 0.25) is 0 Å². The summed E-state index contributed by atoms with van der Waals surface area (Å²) in [6.07, 6.45) is 0. The Hall–Kier alpha value is -2.99. The van der Waals surface area contributed by atoms with E-state index in [1.807, 2.05) is 36.4 Å². The van der Waals surface area contributed by atoms with Gasteiger partial charge < -0.3 is 4.42 Å². The zero-order valence-corrected chi connectivity index (χ0v) is 12.6. The van der Waals surface area contributed by atoms with Gasteiger partial charge in [0.15, 0.2) is 5.58 Å². The highest BCUT2D eigenvalue weighted by Crippen LogP contribution is 2.33. The van der Waals surface area contributed by atoms with E-state index in [0.29, 0.717) is 22.7 Å². The molecule has 6 heteroatoms. The number of hydrogen-bond donors (Lipinski definition) is 0. The van der Waals surface area contributed by atoms with E-state index in [4.69, 9.17) is 4.42 Å². The summed E-state index contributed by atoms with van der Waals surface area (Å²) in [5.74, 6) is 0.347. The van der Waals surface area contributed by atoms with E-state index < -0.39 is 10.5 Å². The van der Waals surface area contributed by atoms with Crippen molar-refractivity contribution in [2.24, 2.45) is 4.36 Å². The highest BCUT2D eigenvalue weighted by Gasteiger charge is 2.12. The van der Waals surface area contributed by atoms with Gasteiger partial charge in [-0.3, -0.25) is 0 Å². The summed E-state index contributed by atoms with van der Waals surface area (Å²) >= 11 is 0. The van der Waals surface area contributed by atoms with Crippen LogP contribution in [0.15, 0.2) is 69.4 Å². The SMILES string of the molecule is O=S(=O)=Nc1ccccc1-c1nc2cc3ccccc3cc2o1. The minimum Gasteiger partial charge on any atom is -0.436 e. The first-order chi connectivity index (χ1) is 11.2. The highest BCUT2D eigenvalue weighted by molar-refractivity contribution is 7.61. The molecule has 0 atom stereocenters. The third kappa shape index (κ3) is 2.49. The third-order valence-corrected chi connectivity index (χ3v) is 3.91. The fourth-order valence-electron chi connectivity index (χ4n) is 2.54. The largest absolute Gasteiger partial charge is 0.436 e. The highest BCUT2D eigenvalue weighted by atomic mass is 32.2. The average molecular weight is 322 g/mol.